The van der Waals surface area contributed by atoms with Gasteiger partial charge in [0.25, 0.3) is 0 Å². The number of thiol groups is 1. The molecule has 1 aliphatic rings. The summed E-state index contributed by atoms with van der Waals surface area (Å²) in [6.07, 6.45) is 0. The Bertz CT molecular complexity index is 641. The highest BCUT2D eigenvalue weighted by Gasteiger charge is 2.15. The van der Waals surface area contributed by atoms with Gasteiger partial charge in [-0.3, -0.25) is 5.10 Å². The topological polar surface area (TPSA) is 64.6 Å². The van der Waals surface area contributed by atoms with Gasteiger partial charge in [0.15, 0.2) is 0 Å². The molecule has 1 aliphatic heterocycles. The van der Waals surface area contributed by atoms with E-state index in [2.05, 4.69) is 56.0 Å². The number of nitrogens with zero attached hydrogens (tertiary/aromatic N) is 3. The highest BCUT2D eigenvalue weighted by molar-refractivity contribution is 9.10. The summed E-state index contributed by atoms with van der Waals surface area (Å²) in [5.74, 6) is 0.800. The van der Waals surface area contributed by atoms with Crippen molar-refractivity contribution in [2.45, 2.75) is 13.2 Å². The van der Waals surface area contributed by atoms with Gasteiger partial charge in [0.05, 0.1) is 16.8 Å². The number of aliphatic hydroxyl groups excluding tert-OH is 1. The van der Waals surface area contributed by atoms with Crippen LogP contribution in [0.1, 0.15) is 11.4 Å². The Kier molecular flexibility index (Phi) is 5.47. The molecule has 1 aromatic heterocycles. The van der Waals surface area contributed by atoms with E-state index < -0.39 is 0 Å². The molecule has 0 bridgehead atoms. The zero-order chi connectivity index (χ0) is 16.2. The molecule has 3 rings (SSSR count). The summed E-state index contributed by atoms with van der Waals surface area (Å²) in [5, 5.41) is 16.0. The molecule has 2 N–H and O–H groups in total. The zero-order valence-corrected chi connectivity index (χ0v) is 15.1. The van der Waals surface area contributed by atoms with Gasteiger partial charge in [0, 0.05) is 31.9 Å². The number of anilines is 1. The van der Waals surface area contributed by atoms with Crippen LogP contribution in [-0.4, -0.2) is 45.8 Å². The van der Waals surface area contributed by atoms with Crippen molar-refractivity contribution in [3.05, 3.63) is 40.1 Å². The highest BCUT2D eigenvalue weighted by atomic mass is 79.9. The molecule has 124 valence electrons. The summed E-state index contributed by atoms with van der Waals surface area (Å²) in [4.78, 5) is 2.34. The first-order valence-electron chi connectivity index (χ1n) is 7.41. The van der Waals surface area contributed by atoms with E-state index in [1.807, 2.05) is 16.4 Å². The molecule has 0 amide bonds. The highest BCUT2D eigenvalue weighted by Crippen LogP contribution is 2.24. The summed E-state index contributed by atoms with van der Waals surface area (Å²) in [7, 11) is 0. The van der Waals surface area contributed by atoms with E-state index in [1.165, 1.54) is 5.69 Å². The van der Waals surface area contributed by atoms with Gasteiger partial charge in [-0.2, -0.15) is 5.10 Å². The van der Waals surface area contributed by atoms with Crippen molar-refractivity contribution in [3.63, 3.8) is 0 Å². The number of hydrogen-bond donors (Lipinski definition) is 3. The predicted molar refractivity (Wildman–Crippen MR) is 95.8 cm³/mol. The van der Waals surface area contributed by atoms with Gasteiger partial charge < -0.3 is 14.7 Å². The van der Waals surface area contributed by atoms with Gasteiger partial charge in [-0.1, -0.05) is 12.8 Å². The summed E-state index contributed by atoms with van der Waals surface area (Å²) >= 11 is 7.77. The minimum atomic E-state index is -0.106. The summed E-state index contributed by atoms with van der Waals surface area (Å²) < 4.78 is 8.57. The van der Waals surface area contributed by atoms with Crippen molar-refractivity contribution in [2.24, 2.45) is 0 Å². The quantitative estimate of drug-likeness (QED) is 0.673. The van der Waals surface area contributed by atoms with Crippen LogP contribution in [0.15, 0.2) is 28.7 Å². The third kappa shape index (κ3) is 4.00. The van der Waals surface area contributed by atoms with E-state index in [4.69, 9.17) is 9.84 Å². The third-order valence-corrected chi connectivity index (χ3v) is 5.17. The second-order valence-electron chi connectivity index (χ2n) is 5.34. The van der Waals surface area contributed by atoms with Gasteiger partial charge >= 0.3 is 0 Å². The first-order valence-corrected chi connectivity index (χ1v) is 8.61. The Morgan fingerprint density at radius 2 is 1.91 bits per heavy atom. The molecule has 0 radical (unpaired) electrons. The normalized spacial score (nSPS) is 15.9. The van der Waals surface area contributed by atoms with Crippen LogP contribution in [0.3, 0.4) is 0 Å². The Hall–Kier alpha value is -1.22. The molecule has 6 nitrogen and oxygen atoms in total. The van der Waals surface area contributed by atoms with Gasteiger partial charge in [-0.05, 0) is 40.2 Å². The van der Waals surface area contributed by atoms with Crippen LogP contribution in [0.25, 0.3) is 0 Å². The first kappa shape index (κ1) is 16.6. The number of nitrogens with one attached hydrogen (secondary N) is 1. The Balaban J connectivity index is 1.58. The minimum absolute atomic E-state index is 0.106. The predicted octanol–water partition coefficient (Wildman–Crippen LogP) is 2.21. The molecule has 1 fully saturated rings. The molecule has 2 heterocycles. The van der Waals surface area contributed by atoms with Crippen LogP contribution in [0.2, 0.25) is 0 Å². The number of aromatic amines is 1. The molecule has 1 aromatic carbocycles. The van der Waals surface area contributed by atoms with Crippen molar-refractivity contribution in [2.75, 3.05) is 31.1 Å². The fourth-order valence-electron chi connectivity index (χ4n) is 2.47. The number of ether oxygens (including phenoxy) is 1. The van der Waals surface area contributed by atoms with Crippen LogP contribution in [0.5, 0.6) is 5.75 Å². The van der Waals surface area contributed by atoms with Crippen LogP contribution >= 0.6 is 28.7 Å². The third-order valence-electron chi connectivity index (χ3n) is 3.84. The molecule has 0 atom stereocenters. The van der Waals surface area contributed by atoms with Crippen molar-refractivity contribution < 1.29 is 9.84 Å². The van der Waals surface area contributed by atoms with Gasteiger partial charge in [0.2, 0.25) is 0 Å². The Labute approximate surface area is 149 Å². The Morgan fingerprint density at radius 3 is 2.52 bits per heavy atom. The van der Waals surface area contributed by atoms with Crippen LogP contribution < -0.4 is 9.64 Å². The second kappa shape index (κ2) is 7.57. The van der Waals surface area contributed by atoms with E-state index in [1.54, 1.807) is 0 Å². The largest absolute Gasteiger partial charge is 0.487 e. The van der Waals surface area contributed by atoms with Crippen molar-refractivity contribution in [3.8, 4) is 5.75 Å². The molecule has 0 unspecified atom stereocenters. The summed E-state index contributed by atoms with van der Waals surface area (Å²) in [6.45, 7) is 4.14. The summed E-state index contributed by atoms with van der Waals surface area (Å²) in [5.41, 5.74) is 2.59. The van der Waals surface area contributed by atoms with Crippen molar-refractivity contribution in [1.82, 2.24) is 14.5 Å². The fourth-order valence-corrected chi connectivity index (χ4v) is 3.07. The lowest BCUT2D eigenvalue weighted by Crippen LogP contribution is -2.42. The van der Waals surface area contributed by atoms with E-state index in [9.17, 15) is 0 Å². The minimum Gasteiger partial charge on any atom is -0.487 e. The summed E-state index contributed by atoms with van der Waals surface area (Å²) in [6, 6.07) is 8.09. The maximum Gasteiger partial charge on any atom is 0.131 e. The number of piperazine rings is 1. The maximum atomic E-state index is 9.12. The van der Waals surface area contributed by atoms with Crippen LogP contribution in [0, 0.1) is 0 Å². The number of rotatable bonds is 5. The number of hydrogen-bond acceptors (Lipinski definition) is 6. The maximum absolute atomic E-state index is 9.12. The fraction of sp³-hybridized carbons (Fsp3) is 0.400. The van der Waals surface area contributed by atoms with Gasteiger partial charge in [0.1, 0.15) is 18.1 Å². The molecular weight excluding hydrogens is 380 g/mol. The molecule has 23 heavy (non-hydrogen) atoms. The molecule has 0 aliphatic carbocycles. The first-order chi connectivity index (χ1) is 11.2. The lowest BCUT2D eigenvalue weighted by atomic mass is 10.2. The van der Waals surface area contributed by atoms with Gasteiger partial charge in [-0.25, -0.2) is 4.31 Å². The van der Waals surface area contributed by atoms with E-state index in [0.717, 1.165) is 42.1 Å². The lowest BCUT2D eigenvalue weighted by Gasteiger charge is -2.33. The molecule has 1 saturated heterocycles. The van der Waals surface area contributed by atoms with Gasteiger partial charge in [-0.15, -0.1) is 0 Å². The number of benzene rings is 1. The smallest absolute Gasteiger partial charge is 0.131 e. The standard InChI is InChI=1S/C15H19BrN4O2S/c16-15-13(9-21)17-18-14(15)10-22-12-3-1-11(2-4-12)19-5-7-20(23)8-6-19/h1-4,21,23H,5-10H2,(H,17,18). The number of halogens is 1. The van der Waals surface area contributed by atoms with E-state index in [-0.39, 0.29) is 6.61 Å². The number of H-pyrrole nitrogens is 1. The zero-order valence-electron chi connectivity index (χ0n) is 12.6. The monoisotopic (exact) mass is 398 g/mol. The average Bonchev–Trinajstić information content (AvgIpc) is 2.94. The number of aromatic nitrogens is 2. The average molecular weight is 399 g/mol. The SMILES string of the molecule is OCc1n[nH]c(COc2ccc(N3CCN(S)CC3)cc2)c1Br. The molecule has 2 aromatic rings. The van der Waals surface area contributed by atoms with Crippen molar-refractivity contribution >= 4 is 34.4 Å². The molecular formula is C15H19BrN4O2S. The van der Waals surface area contributed by atoms with Crippen molar-refractivity contribution in [1.29, 1.82) is 0 Å². The molecule has 8 heteroatoms. The van der Waals surface area contributed by atoms with E-state index >= 15 is 0 Å². The van der Waals surface area contributed by atoms with Crippen LogP contribution in [-0.2, 0) is 13.2 Å². The molecule has 0 saturated carbocycles. The molecule has 0 spiro atoms. The number of aliphatic hydroxyl groups is 1. The van der Waals surface area contributed by atoms with Crippen LogP contribution in [0.4, 0.5) is 5.69 Å². The lowest BCUT2D eigenvalue weighted by molar-refractivity contribution is 0.276. The second-order valence-corrected chi connectivity index (χ2v) is 6.70. The Morgan fingerprint density at radius 1 is 1.22 bits per heavy atom. The van der Waals surface area contributed by atoms with E-state index in [0.29, 0.717) is 12.3 Å².